The first-order chi connectivity index (χ1) is 9.15. The molecule has 0 atom stereocenters. The molecule has 1 fully saturated rings. The molecule has 6 heteroatoms. The summed E-state index contributed by atoms with van der Waals surface area (Å²) in [5.41, 5.74) is 4.70. The van der Waals surface area contributed by atoms with Gasteiger partial charge in [-0.25, -0.2) is 0 Å². The van der Waals surface area contributed by atoms with Crippen LogP contribution in [-0.4, -0.2) is 10.8 Å². The predicted molar refractivity (Wildman–Crippen MR) is 86.3 cm³/mol. The largest absolute Gasteiger partial charge is 0.330 e. The molecule has 102 valence electrons. The van der Waals surface area contributed by atoms with Crippen molar-refractivity contribution in [2.24, 2.45) is 5.10 Å². The van der Waals surface area contributed by atoms with Crippen molar-refractivity contribution in [1.82, 2.24) is 5.43 Å². The summed E-state index contributed by atoms with van der Waals surface area (Å²) >= 11 is 17.1. The average Bonchev–Trinajstić information content (AvgIpc) is 2.42. The Labute approximate surface area is 128 Å². The standard InChI is InChI=1S/C13H15Cl2N3S/c14-9-6-7-11(15)12(8-9)16-13(19)18-17-10-4-2-1-3-5-10/h6-8H,1-5H2,(H2,16,18,19). The quantitative estimate of drug-likeness (QED) is 0.618. The smallest absolute Gasteiger partial charge is 0.191 e. The number of hydrazone groups is 1. The Morgan fingerprint density at radius 3 is 2.63 bits per heavy atom. The first kappa shape index (κ1) is 14.6. The normalized spacial score (nSPS) is 14.9. The van der Waals surface area contributed by atoms with Crippen molar-refractivity contribution < 1.29 is 0 Å². The zero-order valence-electron chi connectivity index (χ0n) is 10.4. The van der Waals surface area contributed by atoms with E-state index in [9.17, 15) is 0 Å². The molecule has 2 rings (SSSR count). The summed E-state index contributed by atoms with van der Waals surface area (Å²) in [5, 5.41) is 8.90. The Balaban J connectivity index is 1.92. The number of thiocarbonyl (C=S) groups is 1. The Hall–Kier alpha value is -0.840. The molecule has 1 aliphatic carbocycles. The highest BCUT2D eigenvalue weighted by molar-refractivity contribution is 7.80. The fourth-order valence-corrected chi connectivity index (χ4v) is 2.44. The molecular weight excluding hydrogens is 301 g/mol. The molecule has 1 saturated carbocycles. The van der Waals surface area contributed by atoms with E-state index in [-0.39, 0.29) is 0 Å². The third-order valence-electron chi connectivity index (χ3n) is 2.92. The fraction of sp³-hybridized carbons (Fsp3) is 0.385. The molecule has 1 aromatic carbocycles. The first-order valence-corrected chi connectivity index (χ1v) is 7.39. The van der Waals surface area contributed by atoms with Crippen molar-refractivity contribution in [3.05, 3.63) is 28.2 Å². The Morgan fingerprint density at radius 1 is 1.16 bits per heavy atom. The number of nitrogens with zero attached hydrogens (tertiary/aromatic N) is 1. The molecular formula is C13H15Cl2N3S. The lowest BCUT2D eigenvalue weighted by Crippen LogP contribution is -2.25. The van der Waals surface area contributed by atoms with E-state index in [4.69, 9.17) is 35.4 Å². The SMILES string of the molecule is S=C(NN=C1CCCCC1)Nc1cc(Cl)ccc1Cl. The zero-order chi connectivity index (χ0) is 13.7. The fourth-order valence-electron chi connectivity index (χ4n) is 1.95. The van der Waals surface area contributed by atoms with E-state index in [2.05, 4.69) is 15.8 Å². The summed E-state index contributed by atoms with van der Waals surface area (Å²) in [5.74, 6) is 0. The number of nitrogens with one attached hydrogen (secondary N) is 2. The highest BCUT2D eigenvalue weighted by atomic mass is 35.5. The van der Waals surface area contributed by atoms with Crippen molar-refractivity contribution in [2.45, 2.75) is 32.1 Å². The topological polar surface area (TPSA) is 36.4 Å². The van der Waals surface area contributed by atoms with Crippen LogP contribution in [0.25, 0.3) is 0 Å². The molecule has 0 amide bonds. The van der Waals surface area contributed by atoms with E-state index in [1.54, 1.807) is 18.2 Å². The van der Waals surface area contributed by atoms with Gasteiger partial charge in [0.05, 0.1) is 10.7 Å². The van der Waals surface area contributed by atoms with Crippen molar-refractivity contribution in [2.75, 3.05) is 5.32 Å². The molecule has 0 aliphatic heterocycles. The Bertz CT molecular complexity index is 495. The molecule has 3 nitrogen and oxygen atoms in total. The number of rotatable bonds is 2. The van der Waals surface area contributed by atoms with Crippen LogP contribution in [0.1, 0.15) is 32.1 Å². The lowest BCUT2D eigenvalue weighted by molar-refractivity contribution is 0.661. The minimum absolute atomic E-state index is 0.419. The monoisotopic (exact) mass is 315 g/mol. The van der Waals surface area contributed by atoms with E-state index in [0.717, 1.165) is 12.8 Å². The predicted octanol–water partition coefficient (Wildman–Crippen LogP) is 4.60. The third kappa shape index (κ3) is 4.64. The second kappa shape index (κ2) is 7.08. The van der Waals surface area contributed by atoms with Gasteiger partial charge in [-0.05, 0) is 56.1 Å². The minimum atomic E-state index is 0.419. The van der Waals surface area contributed by atoms with Crippen molar-refractivity contribution in [1.29, 1.82) is 0 Å². The van der Waals surface area contributed by atoms with Gasteiger partial charge in [-0.3, -0.25) is 5.43 Å². The van der Waals surface area contributed by atoms with Crippen molar-refractivity contribution in [3.63, 3.8) is 0 Å². The summed E-state index contributed by atoms with van der Waals surface area (Å²) < 4.78 is 0. The van der Waals surface area contributed by atoms with Gasteiger partial charge < -0.3 is 5.32 Å². The van der Waals surface area contributed by atoms with Gasteiger partial charge in [-0.15, -0.1) is 0 Å². The average molecular weight is 316 g/mol. The van der Waals surface area contributed by atoms with E-state index in [0.29, 0.717) is 20.8 Å². The molecule has 0 heterocycles. The number of halogens is 2. The van der Waals surface area contributed by atoms with Crippen molar-refractivity contribution in [3.8, 4) is 0 Å². The summed E-state index contributed by atoms with van der Waals surface area (Å²) in [6.07, 6.45) is 5.81. The molecule has 0 saturated heterocycles. The van der Waals surface area contributed by atoms with Gasteiger partial charge in [-0.2, -0.15) is 5.10 Å². The van der Waals surface area contributed by atoms with Crippen LogP contribution in [-0.2, 0) is 0 Å². The van der Waals surface area contributed by atoms with Crippen LogP contribution >= 0.6 is 35.4 Å². The van der Waals surface area contributed by atoms with Crippen molar-refractivity contribution >= 4 is 51.9 Å². The summed E-state index contributed by atoms with van der Waals surface area (Å²) in [4.78, 5) is 0. The van der Waals surface area contributed by atoms with Crippen LogP contribution < -0.4 is 10.7 Å². The molecule has 0 bridgehead atoms. The van der Waals surface area contributed by atoms with Gasteiger partial charge >= 0.3 is 0 Å². The number of hydrogen-bond acceptors (Lipinski definition) is 2. The third-order valence-corrected chi connectivity index (χ3v) is 3.68. The molecule has 0 aromatic heterocycles. The number of anilines is 1. The van der Waals surface area contributed by atoms with E-state index < -0.39 is 0 Å². The van der Waals surface area contributed by atoms with Crippen LogP contribution in [0.3, 0.4) is 0 Å². The van der Waals surface area contributed by atoms with Crippen LogP contribution in [0.2, 0.25) is 10.0 Å². The molecule has 2 N–H and O–H groups in total. The highest BCUT2D eigenvalue weighted by Gasteiger charge is 2.07. The minimum Gasteiger partial charge on any atom is -0.330 e. The van der Waals surface area contributed by atoms with Crippen LogP contribution in [0.4, 0.5) is 5.69 Å². The molecule has 0 unspecified atom stereocenters. The van der Waals surface area contributed by atoms with E-state index >= 15 is 0 Å². The molecule has 1 aliphatic rings. The van der Waals surface area contributed by atoms with Gasteiger partial charge in [0.15, 0.2) is 5.11 Å². The summed E-state index contributed by atoms with van der Waals surface area (Å²) in [6.45, 7) is 0. The lowest BCUT2D eigenvalue weighted by Gasteiger charge is -2.13. The van der Waals surface area contributed by atoms with Crippen LogP contribution in [0, 0.1) is 0 Å². The molecule has 19 heavy (non-hydrogen) atoms. The number of benzene rings is 1. The van der Waals surface area contributed by atoms with Gasteiger partial charge in [0.25, 0.3) is 0 Å². The molecule has 0 radical (unpaired) electrons. The van der Waals surface area contributed by atoms with E-state index in [1.165, 1.54) is 25.0 Å². The van der Waals surface area contributed by atoms with Gasteiger partial charge in [0, 0.05) is 10.7 Å². The number of hydrogen-bond donors (Lipinski definition) is 2. The maximum absolute atomic E-state index is 6.04. The summed E-state index contributed by atoms with van der Waals surface area (Å²) in [7, 11) is 0. The zero-order valence-corrected chi connectivity index (χ0v) is 12.7. The van der Waals surface area contributed by atoms with Crippen LogP contribution in [0.5, 0.6) is 0 Å². The maximum Gasteiger partial charge on any atom is 0.191 e. The first-order valence-electron chi connectivity index (χ1n) is 6.22. The van der Waals surface area contributed by atoms with Gasteiger partial charge in [0.2, 0.25) is 0 Å². The lowest BCUT2D eigenvalue weighted by atomic mass is 9.99. The van der Waals surface area contributed by atoms with Gasteiger partial charge in [-0.1, -0.05) is 29.6 Å². The Morgan fingerprint density at radius 2 is 1.89 bits per heavy atom. The summed E-state index contributed by atoms with van der Waals surface area (Å²) in [6, 6.07) is 5.18. The van der Waals surface area contributed by atoms with Gasteiger partial charge in [0.1, 0.15) is 0 Å². The van der Waals surface area contributed by atoms with Crippen LogP contribution in [0.15, 0.2) is 23.3 Å². The van der Waals surface area contributed by atoms with E-state index in [1.807, 2.05) is 0 Å². The Kier molecular flexibility index (Phi) is 5.43. The maximum atomic E-state index is 6.04. The second-order valence-corrected chi connectivity index (χ2v) is 5.68. The second-order valence-electron chi connectivity index (χ2n) is 4.43. The highest BCUT2D eigenvalue weighted by Crippen LogP contribution is 2.25. The molecule has 1 aromatic rings. The molecule has 0 spiro atoms.